The van der Waals surface area contributed by atoms with Gasteiger partial charge in [-0.1, -0.05) is 60.7 Å². The predicted molar refractivity (Wildman–Crippen MR) is 85.6 cm³/mol. The van der Waals surface area contributed by atoms with Gasteiger partial charge in [-0.2, -0.15) is 5.10 Å². The zero-order chi connectivity index (χ0) is 14.7. The lowest BCUT2D eigenvalue weighted by atomic mass is 9.90. The average molecular weight is 280 g/mol. The van der Waals surface area contributed by atoms with Crippen LogP contribution in [-0.2, 0) is 0 Å². The number of rotatable bonds is 4. The summed E-state index contributed by atoms with van der Waals surface area (Å²) in [5.41, 5.74) is 8.41. The van der Waals surface area contributed by atoms with Crippen LogP contribution in [0, 0.1) is 5.92 Å². The maximum atomic E-state index is 5.82. The molecule has 0 aliphatic carbocycles. The maximum Gasteiger partial charge on any atom is 0.125 e. The lowest BCUT2D eigenvalue weighted by Gasteiger charge is -2.44. The van der Waals surface area contributed by atoms with Gasteiger partial charge in [0, 0.05) is 19.0 Å². The molecule has 2 aromatic rings. The van der Waals surface area contributed by atoms with Gasteiger partial charge in [-0.15, -0.1) is 0 Å². The van der Waals surface area contributed by atoms with Crippen LogP contribution in [0.25, 0.3) is 0 Å². The van der Waals surface area contributed by atoms with Crippen molar-refractivity contribution in [2.75, 3.05) is 13.1 Å². The quantitative estimate of drug-likeness (QED) is 0.389. The van der Waals surface area contributed by atoms with Gasteiger partial charge in [-0.25, -0.2) is 0 Å². The number of benzene rings is 2. The van der Waals surface area contributed by atoms with Crippen molar-refractivity contribution in [3.63, 3.8) is 0 Å². The van der Waals surface area contributed by atoms with Crippen LogP contribution in [0.4, 0.5) is 0 Å². The third-order valence-electron chi connectivity index (χ3n) is 4.07. The van der Waals surface area contributed by atoms with E-state index in [9.17, 15) is 0 Å². The van der Waals surface area contributed by atoms with Crippen LogP contribution in [0.5, 0.6) is 0 Å². The smallest absolute Gasteiger partial charge is 0.125 e. The van der Waals surface area contributed by atoms with Crippen LogP contribution in [0.2, 0.25) is 0 Å². The second-order valence-electron chi connectivity index (χ2n) is 5.43. The summed E-state index contributed by atoms with van der Waals surface area (Å²) in [6.45, 7) is 1.78. The first-order valence-corrected chi connectivity index (χ1v) is 7.17. The second-order valence-corrected chi connectivity index (χ2v) is 5.43. The average Bonchev–Trinajstić information content (AvgIpc) is 2.51. The molecule has 0 aromatic heterocycles. The summed E-state index contributed by atoms with van der Waals surface area (Å²) in [6.07, 6.45) is 0. The first-order valence-electron chi connectivity index (χ1n) is 7.17. The molecule has 3 rings (SSSR count). The molecule has 0 radical (unpaired) electrons. The van der Waals surface area contributed by atoms with Crippen molar-refractivity contribution in [1.29, 1.82) is 0 Å². The minimum atomic E-state index is 0.259. The molecule has 0 atom stereocenters. The minimum Gasteiger partial charge on any atom is -0.385 e. The van der Waals surface area contributed by atoms with Crippen LogP contribution in [0.15, 0.2) is 65.8 Å². The zero-order valence-electron chi connectivity index (χ0n) is 11.9. The fourth-order valence-corrected chi connectivity index (χ4v) is 2.90. The molecule has 4 N–H and O–H groups in total. The van der Waals surface area contributed by atoms with Crippen molar-refractivity contribution >= 4 is 5.84 Å². The van der Waals surface area contributed by atoms with E-state index in [2.05, 4.69) is 58.5 Å². The summed E-state index contributed by atoms with van der Waals surface area (Å²) in [4.78, 5) is 2.41. The van der Waals surface area contributed by atoms with Crippen molar-refractivity contribution in [2.24, 2.45) is 22.6 Å². The monoisotopic (exact) mass is 280 g/mol. The molecule has 2 aromatic carbocycles. The number of hydrogen-bond donors (Lipinski definition) is 2. The molecular weight excluding hydrogens is 260 g/mol. The van der Waals surface area contributed by atoms with E-state index in [1.54, 1.807) is 0 Å². The van der Waals surface area contributed by atoms with E-state index in [0.29, 0.717) is 5.84 Å². The van der Waals surface area contributed by atoms with Crippen LogP contribution in [0.3, 0.4) is 0 Å². The van der Waals surface area contributed by atoms with Crippen molar-refractivity contribution in [1.82, 2.24) is 4.90 Å². The topological polar surface area (TPSA) is 67.6 Å². The van der Waals surface area contributed by atoms with Crippen molar-refractivity contribution in [3.05, 3.63) is 71.8 Å². The van der Waals surface area contributed by atoms with Gasteiger partial charge in [-0.3, -0.25) is 4.90 Å². The van der Waals surface area contributed by atoms with Crippen LogP contribution in [-0.4, -0.2) is 23.8 Å². The third kappa shape index (κ3) is 2.76. The van der Waals surface area contributed by atoms with Crippen molar-refractivity contribution in [2.45, 2.75) is 6.04 Å². The van der Waals surface area contributed by atoms with Crippen LogP contribution < -0.4 is 11.6 Å². The van der Waals surface area contributed by atoms with Crippen molar-refractivity contribution < 1.29 is 0 Å². The lowest BCUT2D eigenvalue weighted by Crippen LogP contribution is -2.54. The van der Waals surface area contributed by atoms with E-state index >= 15 is 0 Å². The molecule has 1 aliphatic rings. The first kappa shape index (κ1) is 13.6. The Kier molecular flexibility index (Phi) is 3.88. The van der Waals surface area contributed by atoms with Gasteiger partial charge < -0.3 is 11.6 Å². The SMILES string of the molecule is N/N=C(\N)C1CN(C(c2ccccc2)c2ccccc2)C1. The number of hydrogen-bond acceptors (Lipinski definition) is 3. The Hall–Kier alpha value is -2.33. The van der Waals surface area contributed by atoms with Crippen molar-refractivity contribution in [3.8, 4) is 0 Å². The van der Waals surface area contributed by atoms with Gasteiger partial charge in [0.05, 0.1) is 6.04 Å². The maximum absolute atomic E-state index is 5.82. The Bertz CT molecular complexity index is 564. The molecular formula is C17H20N4. The molecule has 108 valence electrons. The van der Waals surface area contributed by atoms with E-state index in [0.717, 1.165) is 13.1 Å². The molecule has 0 bridgehead atoms. The highest BCUT2D eigenvalue weighted by molar-refractivity contribution is 5.83. The van der Waals surface area contributed by atoms with E-state index < -0.39 is 0 Å². The van der Waals surface area contributed by atoms with Gasteiger partial charge in [0.1, 0.15) is 5.84 Å². The molecule has 0 saturated carbocycles. The largest absolute Gasteiger partial charge is 0.385 e. The number of likely N-dealkylation sites (tertiary alicyclic amines) is 1. The summed E-state index contributed by atoms with van der Waals surface area (Å²) < 4.78 is 0. The Morgan fingerprint density at radius 2 is 1.43 bits per heavy atom. The normalized spacial score (nSPS) is 16.9. The summed E-state index contributed by atoms with van der Waals surface area (Å²) in [5, 5.41) is 3.62. The van der Waals surface area contributed by atoms with E-state index in [-0.39, 0.29) is 12.0 Å². The molecule has 4 heteroatoms. The lowest BCUT2D eigenvalue weighted by molar-refractivity contribution is 0.104. The summed E-state index contributed by atoms with van der Waals surface area (Å²) >= 11 is 0. The number of amidine groups is 1. The van der Waals surface area contributed by atoms with Gasteiger partial charge >= 0.3 is 0 Å². The fourth-order valence-electron chi connectivity index (χ4n) is 2.90. The molecule has 1 aliphatic heterocycles. The number of nitrogens with two attached hydrogens (primary N) is 2. The predicted octanol–water partition coefficient (Wildman–Crippen LogP) is 1.94. The molecule has 1 saturated heterocycles. The van der Waals surface area contributed by atoms with E-state index in [1.165, 1.54) is 11.1 Å². The highest BCUT2D eigenvalue weighted by Crippen LogP contribution is 2.34. The number of hydrazone groups is 1. The van der Waals surface area contributed by atoms with Gasteiger partial charge in [0.2, 0.25) is 0 Å². The van der Waals surface area contributed by atoms with Gasteiger partial charge in [0.15, 0.2) is 0 Å². The third-order valence-corrected chi connectivity index (χ3v) is 4.07. The summed E-state index contributed by atoms with van der Waals surface area (Å²) in [6, 6.07) is 21.4. The minimum absolute atomic E-state index is 0.259. The molecule has 4 nitrogen and oxygen atoms in total. The Balaban J connectivity index is 1.85. The standard InChI is InChI=1S/C17H20N4/c18-17(20-19)15-11-21(12-15)16(13-7-3-1-4-8-13)14-9-5-2-6-10-14/h1-10,15-16H,11-12,19H2,(H2,18,20). The van der Waals surface area contributed by atoms with Crippen LogP contribution >= 0.6 is 0 Å². The highest BCUT2D eigenvalue weighted by Gasteiger charge is 2.35. The number of nitrogens with zero attached hydrogens (tertiary/aromatic N) is 2. The molecule has 0 spiro atoms. The Morgan fingerprint density at radius 1 is 0.952 bits per heavy atom. The molecule has 1 fully saturated rings. The molecule has 0 unspecified atom stereocenters. The van der Waals surface area contributed by atoms with E-state index in [1.807, 2.05) is 12.1 Å². The second kappa shape index (κ2) is 5.97. The summed E-state index contributed by atoms with van der Waals surface area (Å²) in [7, 11) is 0. The fraction of sp³-hybridized carbons (Fsp3) is 0.235. The van der Waals surface area contributed by atoms with E-state index in [4.69, 9.17) is 11.6 Å². The zero-order valence-corrected chi connectivity index (χ0v) is 11.9. The first-order chi connectivity index (χ1) is 10.3. The van der Waals surface area contributed by atoms with Gasteiger partial charge in [0.25, 0.3) is 0 Å². The Labute approximate surface area is 125 Å². The molecule has 0 amide bonds. The Morgan fingerprint density at radius 3 is 1.86 bits per heavy atom. The summed E-state index contributed by atoms with van der Waals surface area (Å²) in [5.74, 6) is 6.09. The molecule has 1 heterocycles. The highest BCUT2D eigenvalue weighted by atomic mass is 15.2. The van der Waals surface area contributed by atoms with Crippen LogP contribution in [0.1, 0.15) is 17.2 Å². The molecule has 21 heavy (non-hydrogen) atoms. The van der Waals surface area contributed by atoms with Gasteiger partial charge in [-0.05, 0) is 11.1 Å².